The van der Waals surface area contributed by atoms with Gasteiger partial charge in [0, 0.05) is 10.1 Å². The van der Waals surface area contributed by atoms with Crippen molar-refractivity contribution in [2.45, 2.75) is 61.8 Å². The van der Waals surface area contributed by atoms with E-state index in [-0.39, 0.29) is 5.66 Å². The van der Waals surface area contributed by atoms with Gasteiger partial charge in [0.15, 0.2) is 0 Å². The summed E-state index contributed by atoms with van der Waals surface area (Å²) in [5, 5.41) is 0.495. The van der Waals surface area contributed by atoms with Crippen molar-refractivity contribution in [3.63, 3.8) is 0 Å². The van der Waals surface area contributed by atoms with Gasteiger partial charge >= 0.3 is 0 Å². The number of nitrogens with two attached hydrogens (primary N) is 2. The van der Waals surface area contributed by atoms with E-state index < -0.39 is 0 Å². The molecule has 1 aliphatic carbocycles. The summed E-state index contributed by atoms with van der Waals surface area (Å²) in [4.78, 5) is 12.3. The highest BCUT2D eigenvalue weighted by atomic mass is 32.2. The zero-order valence-corrected chi connectivity index (χ0v) is 14.6. The van der Waals surface area contributed by atoms with E-state index >= 15 is 0 Å². The second kappa shape index (κ2) is 6.43. The normalized spacial score (nSPS) is 20.6. The van der Waals surface area contributed by atoms with E-state index in [1.807, 2.05) is 17.8 Å². The fourth-order valence-corrected chi connectivity index (χ4v) is 4.41. The Kier molecular flexibility index (Phi) is 4.53. The third-order valence-electron chi connectivity index (χ3n) is 4.32. The van der Waals surface area contributed by atoms with Crippen LogP contribution in [0.4, 0.5) is 5.69 Å². The van der Waals surface area contributed by atoms with Crippen LogP contribution < -0.4 is 16.4 Å². The van der Waals surface area contributed by atoms with Crippen molar-refractivity contribution >= 4 is 29.4 Å². The van der Waals surface area contributed by atoms with E-state index in [0.29, 0.717) is 17.2 Å². The van der Waals surface area contributed by atoms with Crippen molar-refractivity contribution in [1.82, 2.24) is 0 Å². The summed E-state index contributed by atoms with van der Waals surface area (Å²) < 4.78 is 0. The van der Waals surface area contributed by atoms with Gasteiger partial charge in [0.05, 0.1) is 5.69 Å². The smallest absolute Gasteiger partial charge is 0.220 e. The Morgan fingerprint density at radius 2 is 1.83 bits per heavy atom. The Morgan fingerprint density at radius 3 is 2.52 bits per heavy atom. The van der Waals surface area contributed by atoms with Crippen molar-refractivity contribution in [1.29, 1.82) is 0 Å². The lowest BCUT2D eigenvalue weighted by Gasteiger charge is -2.46. The number of hydrogen-bond donors (Lipinski definition) is 2. The number of hydrogen-bond acceptors (Lipinski definition) is 6. The number of guanidine groups is 2. The van der Waals surface area contributed by atoms with Crippen LogP contribution in [0.5, 0.6) is 0 Å². The quantitative estimate of drug-likeness (QED) is 0.833. The molecule has 1 saturated carbocycles. The summed E-state index contributed by atoms with van der Waals surface area (Å²) in [6.07, 6.45) is 5.44. The Labute approximate surface area is 142 Å². The Morgan fingerprint density at radius 1 is 1.13 bits per heavy atom. The molecule has 0 saturated heterocycles. The van der Waals surface area contributed by atoms with Crippen LogP contribution >= 0.6 is 11.8 Å². The van der Waals surface area contributed by atoms with Gasteiger partial charge in [-0.1, -0.05) is 32.4 Å². The number of benzene rings is 1. The van der Waals surface area contributed by atoms with Crippen LogP contribution in [-0.2, 0) is 0 Å². The molecule has 5 nitrogen and oxygen atoms in total. The maximum Gasteiger partial charge on any atom is 0.220 e. The van der Waals surface area contributed by atoms with Crippen molar-refractivity contribution < 1.29 is 0 Å². The fraction of sp³-hybridized carbons (Fsp3) is 0.529. The monoisotopic (exact) mass is 331 g/mol. The summed E-state index contributed by atoms with van der Waals surface area (Å²) in [7, 11) is 0. The molecule has 0 unspecified atom stereocenters. The number of para-hydroxylation sites is 1. The standard InChI is InChI=1S/C17H25N5S/c1-12(2)23-14-9-5-4-8-13(14)22-16(19)20-15(18)21-17(22)10-6-3-7-11-17/h4-5,8-9,12H,3,6-7,10-11H2,1-2H3,(H4,18,19,20,21). The van der Waals surface area contributed by atoms with E-state index in [0.717, 1.165) is 31.4 Å². The average molecular weight is 331 g/mol. The SMILES string of the molecule is CC(C)Sc1ccccc1N1C(N)=NC(N)=NC12CCCCC2. The lowest BCUT2D eigenvalue weighted by atomic mass is 9.87. The third-order valence-corrected chi connectivity index (χ3v) is 5.39. The molecule has 1 fully saturated rings. The molecule has 0 radical (unpaired) electrons. The van der Waals surface area contributed by atoms with E-state index in [1.54, 1.807) is 0 Å². The van der Waals surface area contributed by atoms with Gasteiger partial charge in [-0.25, -0.2) is 4.99 Å². The lowest BCUT2D eigenvalue weighted by Crippen LogP contribution is -2.58. The minimum absolute atomic E-state index is 0.301. The van der Waals surface area contributed by atoms with Gasteiger partial charge in [-0.05, 0) is 37.8 Å². The van der Waals surface area contributed by atoms with E-state index in [2.05, 4.69) is 41.9 Å². The van der Waals surface area contributed by atoms with Crippen LogP contribution in [0.25, 0.3) is 0 Å². The molecule has 0 amide bonds. The molecule has 4 N–H and O–H groups in total. The second-order valence-corrected chi connectivity index (χ2v) is 8.07. The molecule has 1 aromatic carbocycles. The average Bonchev–Trinajstić information content (AvgIpc) is 2.48. The molecule has 0 aromatic heterocycles. The predicted molar refractivity (Wildman–Crippen MR) is 99.0 cm³/mol. The van der Waals surface area contributed by atoms with Gasteiger partial charge in [0.25, 0.3) is 0 Å². The predicted octanol–water partition coefficient (Wildman–Crippen LogP) is 3.30. The maximum atomic E-state index is 6.31. The fourth-order valence-electron chi connectivity index (χ4n) is 3.47. The van der Waals surface area contributed by atoms with Crippen molar-refractivity contribution in [3.8, 4) is 0 Å². The first-order valence-electron chi connectivity index (χ1n) is 8.27. The van der Waals surface area contributed by atoms with Crippen LogP contribution in [0.2, 0.25) is 0 Å². The third kappa shape index (κ3) is 3.17. The summed E-state index contributed by atoms with van der Waals surface area (Å²) in [6.45, 7) is 4.39. The number of anilines is 1. The van der Waals surface area contributed by atoms with E-state index in [4.69, 9.17) is 16.5 Å². The van der Waals surface area contributed by atoms with Gasteiger partial charge < -0.3 is 11.5 Å². The highest BCUT2D eigenvalue weighted by Gasteiger charge is 2.43. The molecule has 0 atom stereocenters. The molecular weight excluding hydrogens is 306 g/mol. The first-order valence-corrected chi connectivity index (χ1v) is 9.15. The molecule has 23 heavy (non-hydrogen) atoms. The molecule has 1 heterocycles. The molecule has 1 aromatic rings. The zero-order chi connectivity index (χ0) is 16.4. The number of thioether (sulfide) groups is 1. The topological polar surface area (TPSA) is 80.0 Å². The largest absolute Gasteiger partial charge is 0.369 e. The Hall–Kier alpha value is -1.69. The lowest BCUT2D eigenvalue weighted by molar-refractivity contribution is 0.305. The summed E-state index contributed by atoms with van der Waals surface area (Å²) in [5.41, 5.74) is 13.0. The highest BCUT2D eigenvalue weighted by Crippen LogP contribution is 2.43. The van der Waals surface area contributed by atoms with Crippen LogP contribution in [0.3, 0.4) is 0 Å². The van der Waals surface area contributed by atoms with Crippen molar-refractivity contribution in [2.24, 2.45) is 21.5 Å². The second-order valence-electron chi connectivity index (χ2n) is 6.45. The molecule has 2 aliphatic rings. The summed E-state index contributed by atoms with van der Waals surface area (Å²) in [5.74, 6) is 0.755. The van der Waals surface area contributed by atoms with Gasteiger partial charge in [-0.15, -0.1) is 11.8 Å². The van der Waals surface area contributed by atoms with Gasteiger partial charge in [-0.3, -0.25) is 4.90 Å². The number of rotatable bonds is 3. The number of aliphatic imine (C=N–C) groups is 2. The first kappa shape index (κ1) is 16.2. The van der Waals surface area contributed by atoms with Crippen LogP contribution in [0.1, 0.15) is 46.0 Å². The van der Waals surface area contributed by atoms with Gasteiger partial charge in [0.1, 0.15) is 5.66 Å². The number of nitrogens with zero attached hydrogens (tertiary/aromatic N) is 3. The highest BCUT2D eigenvalue weighted by molar-refractivity contribution is 8.00. The molecule has 1 aliphatic heterocycles. The maximum absolute atomic E-state index is 6.31. The Balaban J connectivity index is 2.07. The van der Waals surface area contributed by atoms with Crippen LogP contribution in [-0.4, -0.2) is 22.8 Å². The molecule has 0 bridgehead atoms. The molecule has 6 heteroatoms. The molecular formula is C17H25N5S. The van der Waals surface area contributed by atoms with Crippen LogP contribution in [0, 0.1) is 0 Å². The van der Waals surface area contributed by atoms with Crippen molar-refractivity contribution in [2.75, 3.05) is 4.90 Å². The van der Waals surface area contributed by atoms with E-state index in [9.17, 15) is 0 Å². The molecule has 3 rings (SSSR count). The van der Waals surface area contributed by atoms with Gasteiger partial charge in [-0.2, -0.15) is 4.99 Å². The van der Waals surface area contributed by atoms with Crippen LogP contribution in [0.15, 0.2) is 39.1 Å². The summed E-state index contributed by atoms with van der Waals surface area (Å²) in [6, 6.07) is 8.37. The van der Waals surface area contributed by atoms with Crippen molar-refractivity contribution in [3.05, 3.63) is 24.3 Å². The van der Waals surface area contributed by atoms with E-state index in [1.165, 1.54) is 11.3 Å². The molecule has 124 valence electrons. The first-order chi connectivity index (χ1) is 11.0. The minimum atomic E-state index is -0.373. The van der Waals surface area contributed by atoms with Gasteiger partial charge in [0.2, 0.25) is 11.9 Å². The summed E-state index contributed by atoms with van der Waals surface area (Å²) >= 11 is 1.84. The molecule has 1 spiro atoms. The minimum Gasteiger partial charge on any atom is -0.369 e. The Bertz CT molecular complexity index is 632. The zero-order valence-electron chi connectivity index (χ0n) is 13.8.